The third kappa shape index (κ3) is 4.06. The summed E-state index contributed by atoms with van der Waals surface area (Å²) in [6, 6.07) is 19.6. The minimum Gasteiger partial charge on any atom is -0.545 e. The van der Waals surface area contributed by atoms with Crippen molar-refractivity contribution in [2.75, 3.05) is 0 Å². The molecule has 0 fully saturated rings. The first-order valence-electron chi connectivity index (χ1n) is 9.56. The minimum absolute atomic E-state index is 0.0527. The molecule has 1 aliphatic heterocycles. The molecular weight excluding hydrogens is 396 g/mol. The zero-order chi connectivity index (χ0) is 22.0. The Bertz CT molecular complexity index is 1190. The number of carbonyl (C=O) groups excluding carboxylic acids is 4. The monoisotopic (exact) mass is 413 g/mol. The summed E-state index contributed by atoms with van der Waals surface area (Å²) in [6.45, 7) is 0.340. The van der Waals surface area contributed by atoms with Crippen LogP contribution in [0, 0.1) is 0 Å². The van der Waals surface area contributed by atoms with Crippen LogP contribution in [-0.4, -0.2) is 28.6 Å². The molecule has 0 atom stereocenters. The number of carbonyl (C=O) groups is 4. The molecule has 0 aliphatic carbocycles. The topological polar surface area (TPSA) is 107 Å². The predicted octanol–water partition coefficient (Wildman–Crippen LogP) is 1.78. The van der Waals surface area contributed by atoms with Gasteiger partial charge in [0.05, 0.1) is 23.6 Å². The summed E-state index contributed by atoms with van der Waals surface area (Å²) < 4.78 is 0. The van der Waals surface area contributed by atoms with Gasteiger partial charge in [0, 0.05) is 12.1 Å². The SMILES string of the molecule is O=C([O-])c1ccc(CNC(=O)c2ccc3c(c2)C(=O)N(Cc2ccccc2)C3=O)cc1. The maximum absolute atomic E-state index is 12.8. The van der Waals surface area contributed by atoms with E-state index in [9.17, 15) is 24.3 Å². The van der Waals surface area contributed by atoms with Gasteiger partial charge in [0.15, 0.2) is 0 Å². The molecular formula is C24H17N2O5-. The quantitative estimate of drug-likeness (QED) is 0.620. The van der Waals surface area contributed by atoms with Gasteiger partial charge in [-0.1, -0.05) is 54.6 Å². The van der Waals surface area contributed by atoms with Crippen LogP contribution in [0.5, 0.6) is 0 Å². The van der Waals surface area contributed by atoms with Crippen LogP contribution < -0.4 is 10.4 Å². The van der Waals surface area contributed by atoms with Crippen LogP contribution in [0.25, 0.3) is 0 Å². The summed E-state index contributed by atoms with van der Waals surface area (Å²) in [6.07, 6.45) is 0. The van der Waals surface area contributed by atoms with Gasteiger partial charge in [-0.3, -0.25) is 19.3 Å². The van der Waals surface area contributed by atoms with Crippen molar-refractivity contribution in [3.8, 4) is 0 Å². The molecule has 7 heteroatoms. The fourth-order valence-electron chi connectivity index (χ4n) is 3.38. The Morgan fingerprint density at radius 2 is 1.42 bits per heavy atom. The maximum atomic E-state index is 12.8. The number of hydrogen-bond donors (Lipinski definition) is 1. The van der Waals surface area contributed by atoms with E-state index in [1.165, 1.54) is 35.2 Å². The molecule has 7 nitrogen and oxygen atoms in total. The van der Waals surface area contributed by atoms with Crippen molar-refractivity contribution in [1.29, 1.82) is 0 Å². The Hall–Kier alpha value is -4.26. The Kier molecular flexibility index (Phi) is 5.32. The molecule has 1 N–H and O–H groups in total. The van der Waals surface area contributed by atoms with Crippen molar-refractivity contribution < 1.29 is 24.3 Å². The minimum atomic E-state index is -1.27. The number of carboxylic acids is 1. The molecule has 3 amide bonds. The average molecular weight is 413 g/mol. The zero-order valence-electron chi connectivity index (χ0n) is 16.3. The molecule has 0 bridgehead atoms. The molecule has 0 spiro atoms. The normalized spacial score (nSPS) is 12.6. The highest BCUT2D eigenvalue weighted by molar-refractivity contribution is 6.22. The molecule has 1 aliphatic rings. The molecule has 31 heavy (non-hydrogen) atoms. The van der Waals surface area contributed by atoms with E-state index in [1.54, 1.807) is 12.1 Å². The van der Waals surface area contributed by atoms with Crippen LogP contribution in [0.15, 0.2) is 72.8 Å². The molecule has 0 radical (unpaired) electrons. The standard InChI is InChI=1S/C24H18N2O5/c27-21(25-13-15-6-8-17(9-7-15)24(30)31)18-10-11-19-20(12-18)23(29)26(22(19)28)14-16-4-2-1-3-5-16/h1-12H,13-14H2,(H,25,27)(H,30,31)/p-1. The van der Waals surface area contributed by atoms with Crippen LogP contribution in [-0.2, 0) is 13.1 Å². The van der Waals surface area contributed by atoms with Gasteiger partial charge in [-0.2, -0.15) is 0 Å². The van der Waals surface area contributed by atoms with E-state index in [-0.39, 0.29) is 41.3 Å². The second-order valence-electron chi connectivity index (χ2n) is 7.11. The number of hydrogen-bond acceptors (Lipinski definition) is 5. The lowest BCUT2D eigenvalue weighted by atomic mass is 10.1. The molecule has 0 saturated heterocycles. The summed E-state index contributed by atoms with van der Waals surface area (Å²) in [7, 11) is 0. The second-order valence-corrected chi connectivity index (χ2v) is 7.11. The summed E-state index contributed by atoms with van der Waals surface area (Å²) in [5.41, 5.74) is 2.33. The van der Waals surface area contributed by atoms with E-state index in [4.69, 9.17) is 0 Å². The summed E-state index contributed by atoms with van der Waals surface area (Å²) >= 11 is 0. The summed E-state index contributed by atoms with van der Waals surface area (Å²) in [5.74, 6) is -2.50. The number of nitrogens with zero attached hydrogens (tertiary/aromatic N) is 1. The van der Waals surface area contributed by atoms with Gasteiger partial charge in [0.1, 0.15) is 0 Å². The molecule has 3 aromatic carbocycles. The van der Waals surface area contributed by atoms with Crippen LogP contribution in [0.3, 0.4) is 0 Å². The van der Waals surface area contributed by atoms with Gasteiger partial charge in [-0.05, 0) is 34.9 Å². The second kappa shape index (κ2) is 8.23. The van der Waals surface area contributed by atoms with Crippen molar-refractivity contribution in [2.45, 2.75) is 13.1 Å². The molecule has 154 valence electrons. The first-order valence-corrected chi connectivity index (χ1v) is 9.56. The van der Waals surface area contributed by atoms with Gasteiger partial charge in [0.2, 0.25) is 0 Å². The Balaban J connectivity index is 1.46. The summed E-state index contributed by atoms with van der Waals surface area (Å²) in [4.78, 5) is 49.9. The smallest absolute Gasteiger partial charge is 0.261 e. The third-order valence-corrected chi connectivity index (χ3v) is 5.06. The van der Waals surface area contributed by atoms with E-state index < -0.39 is 17.8 Å². The van der Waals surface area contributed by atoms with Crippen molar-refractivity contribution >= 4 is 23.7 Å². The maximum Gasteiger partial charge on any atom is 0.261 e. The van der Waals surface area contributed by atoms with E-state index in [0.29, 0.717) is 5.56 Å². The number of nitrogens with one attached hydrogen (secondary N) is 1. The first kappa shape index (κ1) is 20.0. The Labute approximate surface area is 177 Å². The lowest BCUT2D eigenvalue weighted by Gasteiger charge is -2.13. The van der Waals surface area contributed by atoms with Gasteiger partial charge < -0.3 is 15.2 Å². The third-order valence-electron chi connectivity index (χ3n) is 5.06. The molecule has 1 heterocycles. The van der Waals surface area contributed by atoms with Crippen molar-refractivity contribution in [3.05, 3.63) is 106 Å². The average Bonchev–Trinajstić information content (AvgIpc) is 3.02. The van der Waals surface area contributed by atoms with E-state index in [0.717, 1.165) is 5.56 Å². The number of benzene rings is 3. The molecule has 0 aromatic heterocycles. The lowest BCUT2D eigenvalue weighted by molar-refractivity contribution is -0.255. The highest BCUT2D eigenvalue weighted by Crippen LogP contribution is 2.25. The lowest BCUT2D eigenvalue weighted by Crippen LogP contribution is -2.29. The fraction of sp³-hybridized carbons (Fsp3) is 0.0833. The summed E-state index contributed by atoms with van der Waals surface area (Å²) in [5, 5.41) is 13.5. The van der Waals surface area contributed by atoms with E-state index >= 15 is 0 Å². The van der Waals surface area contributed by atoms with Gasteiger partial charge in [-0.15, -0.1) is 0 Å². The molecule has 3 aromatic rings. The Morgan fingerprint density at radius 1 is 0.774 bits per heavy atom. The van der Waals surface area contributed by atoms with E-state index in [1.807, 2.05) is 30.3 Å². The molecule has 4 rings (SSSR count). The number of amides is 3. The first-order chi connectivity index (χ1) is 14.9. The number of fused-ring (bicyclic) bond motifs is 1. The van der Waals surface area contributed by atoms with Gasteiger partial charge >= 0.3 is 0 Å². The number of rotatable bonds is 6. The van der Waals surface area contributed by atoms with Gasteiger partial charge in [-0.25, -0.2) is 0 Å². The fourth-order valence-corrected chi connectivity index (χ4v) is 3.38. The molecule has 0 unspecified atom stereocenters. The van der Waals surface area contributed by atoms with Crippen LogP contribution in [0.1, 0.15) is 52.6 Å². The van der Waals surface area contributed by atoms with Crippen LogP contribution >= 0.6 is 0 Å². The van der Waals surface area contributed by atoms with Crippen LogP contribution in [0.2, 0.25) is 0 Å². The Morgan fingerprint density at radius 3 is 2.10 bits per heavy atom. The van der Waals surface area contributed by atoms with Crippen molar-refractivity contribution in [1.82, 2.24) is 10.2 Å². The van der Waals surface area contributed by atoms with Crippen LogP contribution in [0.4, 0.5) is 0 Å². The highest BCUT2D eigenvalue weighted by Gasteiger charge is 2.35. The number of aromatic carboxylic acids is 1. The number of carboxylic acid groups (broad SMARTS) is 1. The van der Waals surface area contributed by atoms with Gasteiger partial charge in [0.25, 0.3) is 17.7 Å². The number of imide groups is 1. The molecule has 0 saturated carbocycles. The zero-order valence-corrected chi connectivity index (χ0v) is 16.3. The predicted molar refractivity (Wildman–Crippen MR) is 109 cm³/mol. The van der Waals surface area contributed by atoms with Crippen molar-refractivity contribution in [2.24, 2.45) is 0 Å². The van der Waals surface area contributed by atoms with E-state index in [2.05, 4.69) is 5.32 Å². The largest absolute Gasteiger partial charge is 0.545 e. The van der Waals surface area contributed by atoms with Crippen molar-refractivity contribution in [3.63, 3.8) is 0 Å². The highest BCUT2D eigenvalue weighted by atomic mass is 16.4.